The lowest BCUT2D eigenvalue weighted by atomic mass is 9.72. The van der Waals surface area contributed by atoms with Crippen LogP contribution in [0.1, 0.15) is 56.6 Å². The summed E-state index contributed by atoms with van der Waals surface area (Å²) in [6.45, 7) is 2.40. The largest absolute Gasteiger partial charge is 0.299 e. The van der Waals surface area contributed by atoms with Crippen LogP contribution in [0, 0.1) is 23.7 Å². The molecule has 1 fully saturated rings. The first-order valence-corrected chi connectivity index (χ1v) is 12.9. The predicted octanol–water partition coefficient (Wildman–Crippen LogP) is 7.97. The molecule has 170 valence electrons. The van der Waals surface area contributed by atoms with E-state index in [4.69, 9.17) is 0 Å². The Balaban J connectivity index is 1.13. The third kappa shape index (κ3) is 5.13. The smallest absolute Gasteiger partial charge is 0.139 e. The van der Waals surface area contributed by atoms with Gasteiger partial charge in [0.2, 0.25) is 0 Å². The Kier molecular flexibility index (Phi) is 6.76. The molecule has 2 aliphatic rings. The number of hydrogen-bond acceptors (Lipinski definition) is 1. The van der Waals surface area contributed by atoms with Crippen molar-refractivity contribution >= 4 is 16.6 Å². The quantitative estimate of drug-likeness (QED) is 0.343. The summed E-state index contributed by atoms with van der Waals surface area (Å²) in [4.78, 5) is 13.3. The highest BCUT2D eigenvalue weighted by atomic mass is 16.1. The maximum absolute atomic E-state index is 13.3. The predicted molar refractivity (Wildman–Crippen MR) is 138 cm³/mol. The summed E-state index contributed by atoms with van der Waals surface area (Å²) < 4.78 is 0. The number of Topliss-reactive ketones (excluding diaryl/α,β-unsaturated/α-hetero) is 1. The highest BCUT2D eigenvalue weighted by Crippen LogP contribution is 2.39. The number of benzene rings is 3. The van der Waals surface area contributed by atoms with Crippen molar-refractivity contribution in [3.8, 4) is 0 Å². The first-order valence-electron chi connectivity index (χ1n) is 12.9. The normalized spacial score (nSPS) is 23.9. The second-order valence-electron chi connectivity index (χ2n) is 10.5. The Morgan fingerprint density at radius 2 is 1.58 bits per heavy atom. The Hall–Kier alpha value is -2.67. The van der Waals surface area contributed by atoms with Crippen LogP contribution in [0.4, 0.5) is 0 Å². The second kappa shape index (κ2) is 10.1. The first kappa shape index (κ1) is 22.1. The van der Waals surface area contributed by atoms with Crippen LogP contribution in [0.2, 0.25) is 0 Å². The van der Waals surface area contributed by atoms with Crippen LogP contribution in [0.15, 0.2) is 84.4 Å². The van der Waals surface area contributed by atoms with Gasteiger partial charge in [-0.3, -0.25) is 4.79 Å². The number of allylic oxidation sites excluding steroid dienone is 2. The van der Waals surface area contributed by atoms with Crippen LogP contribution in [0.25, 0.3) is 10.8 Å². The molecule has 1 nitrogen and oxygen atoms in total. The number of hydrogen-bond donors (Lipinski definition) is 0. The van der Waals surface area contributed by atoms with E-state index in [-0.39, 0.29) is 5.92 Å². The van der Waals surface area contributed by atoms with Gasteiger partial charge in [-0.1, -0.05) is 91.4 Å². The molecule has 0 spiro atoms. The first-order chi connectivity index (χ1) is 16.2. The van der Waals surface area contributed by atoms with Crippen LogP contribution in [0.5, 0.6) is 0 Å². The fourth-order valence-corrected chi connectivity index (χ4v) is 6.30. The van der Waals surface area contributed by atoms with Crippen LogP contribution in [-0.2, 0) is 17.6 Å². The van der Waals surface area contributed by atoms with E-state index in [2.05, 4.69) is 85.8 Å². The van der Waals surface area contributed by atoms with Crippen molar-refractivity contribution in [1.29, 1.82) is 0 Å². The van der Waals surface area contributed by atoms with Gasteiger partial charge >= 0.3 is 0 Å². The van der Waals surface area contributed by atoms with Gasteiger partial charge in [-0.05, 0) is 85.1 Å². The van der Waals surface area contributed by atoms with Crippen LogP contribution < -0.4 is 0 Å². The van der Waals surface area contributed by atoms with Crippen molar-refractivity contribution in [2.45, 2.75) is 58.3 Å². The van der Waals surface area contributed by atoms with E-state index < -0.39 is 0 Å². The molecular weight excluding hydrogens is 400 g/mol. The number of rotatable bonds is 7. The van der Waals surface area contributed by atoms with Crippen LogP contribution >= 0.6 is 0 Å². The zero-order valence-electron chi connectivity index (χ0n) is 19.9. The third-order valence-corrected chi connectivity index (χ3v) is 8.28. The molecule has 0 amide bonds. The summed E-state index contributed by atoms with van der Waals surface area (Å²) in [6, 6.07) is 26.1. The molecule has 2 atom stereocenters. The molecule has 1 heteroatoms. The Morgan fingerprint density at radius 3 is 2.39 bits per heavy atom. The number of carbonyl (C=O) groups is 1. The SMILES string of the molecule is CC(Cc1ccccc1)C1CCC(C(=O)C2CC=C(Cc3cccc4ccccc34)C2)CC1. The van der Waals surface area contributed by atoms with Gasteiger partial charge in [-0.15, -0.1) is 0 Å². The molecule has 0 saturated heterocycles. The van der Waals surface area contributed by atoms with Crippen molar-refractivity contribution in [3.63, 3.8) is 0 Å². The molecule has 2 unspecified atom stereocenters. The fourth-order valence-electron chi connectivity index (χ4n) is 6.30. The summed E-state index contributed by atoms with van der Waals surface area (Å²) in [5, 5.41) is 2.65. The minimum atomic E-state index is 0.221. The van der Waals surface area contributed by atoms with Crippen LogP contribution in [-0.4, -0.2) is 5.78 Å². The Labute approximate surface area is 198 Å². The van der Waals surface area contributed by atoms with E-state index in [1.807, 2.05) is 0 Å². The summed E-state index contributed by atoms with van der Waals surface area (Å²) in [7, 11) is 0. The fraction of sp³-hybridized carbons (Fsp3) is 0.406. The molecule has 3 aromatic carbocycles. The number of fused-ring (bicyclic) bond motifs is 1. The zero-order valence-corrected chi connectivity index (χ0v) is 19.9. The molecule has 0 N–H and O–H groups in total. The average molecular weight is 437 g/mol. The van der Waals surface area contributed by atoms with Crippen molar-refractivity contribution in [1.82, 2.24) is 0 Å². The average Bonchev–Trinajstić information content (AvgIpc) is 3.33. The standard InChI is InChI=1S/C32H36O/c1-23(20-24-8-3-2-4-9-24)26-16-18-28(19-17-26)32(33)30-15-14-25(22-30)21-29-12-7-11-27-10-5-6-13-31(27)29/h2-14,23,26,28,30H,15-22H2,1H3. The minimum Gasteiger partial charge on any atom is -0.299 e. The van der Waals surface area contributed by atoms with E-state index in [9.17, 15) is 4.79 Å². The van der Waals surface area contributed by atoms with Gasteiger partial charge in [0.05, 0.1) is 0 Å². The lowest BCUT2D eigenvalue weighted by molar-refractivity contribution is -0.127. The van der Waals surface area contributed by atoms with Gasteiger partial charge in [0.1, 0.15) is 5.78 Å². The van der Waals surface area contributed by atoms with E-state index in [0.29, 0.717) is 17.6 Å². The lowest BCUT2D eigenvalue weighted by Crippen LogP contribution is -2.29. The topological polar surface area (TPSA) is 17.1 Å². The van der Waals surface area contributed by atoms with Crippen LogP contribution in [0.3, 0.4) is 0 Å². The van der Waals surface area contributed by atoms with Gasteiger partial charge < -0.3 is 0 Å². The van der Waals surface area contributed by atoms with Crippen molar-refractivity contribution in [2.75, 3.05) is 0 Å². The van der Waals surface area contributed by atoms with Gasteiger partial charge in [0.15, 0.2) is 0 Å². The van der Waals surface area contributed by atoms with E-state index in [1.54, 1.807) is 0 Å². The summed E-state index contributed by atoms with van der Waals surface area (Å²) in [5.74, 6) is 2.52. The van der Waals surface area contributed by atoms with E-state index in [1.165, 1.54) is 40.3 Å². The second-order valence-corrected chi connectivity index (χ2v) is 10.5. The highest BCUT2D eigenvalue weighted by molar-refractivity contribution is 5.86. The molecule has 2 aliphatic carbocycles. The summed E-state index contributed by atoms with van der Waals surface area (Å²) >= 11 is 0. The number of ketones is 1. The monoisotopic (exact) mass is 436 g/mol. The Bertz CT molecular complexity index is 1110. The molecule has 1 saturated carbocycles. The van der Waals surface area contributed by atoms with Crippen molar-refractivity contribution in [3.05, 3.63) is 95.6 Å². The molecule has 0 radical (unpaired) electrons. The van der Waals surface area contributed by atoms with Gasteiger partial charge in [0.25, 0.3) is 0 Å². The van der Waals surface area contributed by atoms with Gasteiger partial charge in [-0.2, -0.15) is 0 Å². The van der Waals surface area contributed by atoms with Gasteiger partial charge in [0, 0.05) is 11.8 Å². The molecule has 5 rings (SSSR count). The summed E-state index contributed by atoms with van der Waals surface area (Å²) in [5.41, 5.74) is 4.29. The zero-order chi connectivity index (χ0) is 22.6. The van der Waals surface area contributed by atoms with E-state index >= 15 is 0 Å². The molecule has 0 aliphatic heterocycles. The molecule has 0 aromatic heterocycles. The van der Waals surface area contributed by atoms with Crippen molar-refractivity contribution < 1.29 is 4.79 Å². The molecule has 0 heterocycles. The van der Waals surface area contributed by atoms with E-state index in [0.717, 1.165) is 44.4 Å². The molecule has 3 aromatic rings. The third-order valence-electron chi connectivity index (χ3n) is 8.28. The minimum absolute atomic E-state index is 0.221. The maximum Gasteiger partial charge on any atom is 0.139 e. The maximum atomic E-state index is 13.3. The number of carbonyl (C=O) groups excluding carboxylic acids is 1. The van der Waals surface area contributed by atoms with Crippen molar-refractivity contribution in [2.24, 2.45) is 23.7 Å². The molecule has 0 bridgehead atoms. The summed E-state index contributed by atoms with van der Waals surface area (Å²) in [6.07, 6.45) is 11.0. The van der Waals surface area contributed by atoms with Gasteiger partial charge in [-0.25, -0.2) is 0 Å². The molecular formula is C32H36O. The molecule has 33 heavy (non-hydrogen) atoms. The lowest BCUT2D eigenvalue weighted by Gasteiger charge is -2.32. The highest BCUT2D eigenvalue weighted by Gasteiger charge is 2.34. The Morgan fingerprint density at radius 1 is 0.848 bits per heavy atom.